The molecule has 0 aromatic heterocycles. The van der Waals surface area contributed by atoms with Gasteiger partial charge in [0.15, 0.2) is 0 Å². The van der Waals surface area contributed by atoms with E-state index in [9.17, 15) is 9.18 Å². The van der Waals surface area contributed by atoms with Gasteiger partial charge in [-0.15, -0.1) is 0 Å². The van der Waals surface area contributed by atoms with E-state index in [1.54, 1.807) is 12.1 Å². The maximum Gasteiger partial charge on any atom is 0.255 e. The van der Waals surface area contributed by atoms with Gasteiger partial charge in [-0.05, 0) is 40.9 Å². The minimum absolute atomic E-state index is 0.0781. The molecule has 0 atom stereocenters. The first-order valence-electron chi connectivity index (χ1n) is 5.08. The van der Waals surface area contributed by atoms with E-state index in [0.717, 1.165) is 12.8 Å². The van der Waals surface area contributed by atoms with E-state index in [2.05, 4.69) is 21.2 Å². The van der Waals surface area contributed by atoms with Crippen LogP contribution in [0.15, 0.2) is 34.8 Å². The lowest BCUT2D eigenvalue weighted by Crippen LogP contribution is -2.33. The first-order chi connectivity index (χ1) is 7.68. The quantitative estimate of drug-likeness (QED) is 0.831. The molecular formula is C12H11BrFNO. The molecule has 1 aromatic carbocycles. The third-order valence-corrected chi connectivity index (χ3v) is 3.19. The van der Waals surface area contributed by atoms with Gasteiger partial charge in [-0.1, -0.05) is 18.2 Å². The van der Waals surface area contributed by atoms with Gasteiger partial charge < -0.3 is 5.32 Å². The highest BCUT2D eigenvalue weighted by atomic mass is 79.9. The highest BCUT2D eigenvalue weighted by Crippen LogP contribution is 2.20. The second kappa shape index (κ2) is 4.78. The zero-order chi connectivity index (χ0) is 11.5. The molecule has 0 saturated heterocycles. The molecule has 1 aliphatic rings. The maximum atomic E-state index is 13.5. The zero-order valence-corrected chi connectivity index (χ0v) is 10.1. The van der Waals surface area contributed by atoms with Crippen molar-refractivity contribution >= 4 is 21.8 Å². The normalized spacial score (nSPS) is 15.4. The van der Waals surface area contributed by atoms with Gasteiger partial charge in [0, 0.05) is 10.5 Å². The molecule has 0 heterocycles. The van der Waals surface area contributed by atoms with Crippen molar-refractivity contribution in [2.75, 3.05) is 0 Å². The predicted molar refractivity (Wildman–Crippen MR) is 63.7 cm³/mol. The number of nitrogens with one attached hydrogen (secondary N) is 1. The monoisotopic (exact) mass is 283 g/mol. The topological polar surface area (TPSA) is 29.1 Å². The molecule has 2 nitrogen and oxygen atoms in total. The molecule has 1 N–H and O–H groups in total. The smallest absolute Gasteiger partial charge is 0.255 e. The summed E-state index contributed by atoms with van der Waals surface area (Å²) in [5, 5.41) is 2.81. The van der Waals surface area contributed by atoms with Crippen LogP contribution in [0.1, 0.15) is 23.2 Å². The Labute approximate surface area is 102 Å². The van der Waals surface area contributed by atoms with E-state index in [-0.39, 0.29) is 17.5 Å². The summed E-state index contributed by atoms with van der Waals surface area (Å²) in [6.07, 6.45) is 5.66. The Bertz CT molecular complexity index is 416. The van der Waals surface area contributed by atoms with Crippen LogP contribution in [0.4, 0.5) is 4.39 Å². The lowest BCUT2D eigenvalue weighted by atomic mass is 10.1. The molecule has 0 radical (unpaired) electrons. The number of hydrogen-bond donors (Lipinski definition) is 1. The van der Waals surface area contributed by atoms with E-state index in [0.29, 0.717) is 4.47 Å². The third kappa shape index (κ3) is 2.32. The van der Waals surface area contributed by atoms with Gasteiger partial charge in [-0.2, -0.15) is 0 Å². The zero-order valence-electron chi connectivity index (χ0n) is 8.54. The lowest BCUT2D eigenvalue weighted by Gasteiger charge is -2.13. The largest absolute Gasteiger partial charge is 0.349 e. The van der Waals surface area contributed by atoms with E-state index >= 15 is 0 Å². The molecule has 1 aliphatic carbocycles. The van der Waals surface area contributed by atoms with E-state index in [4.69, 9.17) is 0 Å². The molecule has 84 valence electrons. The maximum absolute atomic E-state index is 13.5. The second-order valence-corrected chi connectivity index (χ2v) is 4.56. The van der Waals surface area contributed by atoms with Crippen LogP contribution in [0.3, 0.4) is 0 Å². The summed E-state index contributed by atoms with van der Waals surface area (Å²) in [6, 6.07) is 4.60. The van der Waals surface area contributed by atoms with Crippen molar-refractivity contribution in [2.24, 2.45) is 0 Å². The number of benzene rings is 1. The number of amides is 1. The van der Waals surface area contributed by atoms with Crippen molar-refractivity contribution in [3.05, 3.63) is 46.2 Å². The van der Waals surface area contributed by atoms with Gasteiger partial charge >= 0.3 is 0 Å². The van der Waals surface area contributed by atoms with Gasteiger partial charge in [0.2, 0.25) is 0 Å². The molecule has 4 heteroatoms. The van der Waals surface area contributed by atoms with Crippen LogP contribution in [0.5, 0.6) is 0 Å². The van der Waals surface area contributed by atoms with Crippen molar-refractivity contribution in [2.45, 2.75) is 18.9 Å². The summed E-state index contributed by atoms with van der Waals surface area (Å²) < 4.78 is 14.0. The van der Waals surface area contributed by atoms with Crippen LogP contribution in [0.25, 0.3) is 0 Å². The van der Waals surface area contributed by atoms with Crippen molar-refractivity contribution in [1.29, 1.82) is 0 Å². The van der Waals surface area contributed by atoms with Crippen LogP contribution in [0.2, 0.25) is 0 Å². The van der Waals surface area contributed by atoms with E-state index < -0.39 is 5.82 Å². The Morgan fingerprint density at radius 1 is 1.38 bits per heavy atom. The Kier molecular flexibility index (Phi) is 3.39. The number of carbonyl (C=O) groups excluding carboxylic acids is 1. The SMILES string of the molecule is O=C(NC1CC=CC1)c1c(F)cccc1Br. The van der Waals surface area contributed by atoms with Crippen LogP contribution in [-0.2, 0) is 0 Å². The van der Waals surface area contributed by atoms with E-state index in [1.807, 2.05) is 12.2 Å². The molecule has 2 rings (SSSR count). The van der Waals surface area contributed by atoms with Gasteiger partial charge in [0.1, 0.15) is 5.82 Å². The van der Waals surface area contributed by atoms with Crippen molar-refractivity contribution in [1.82, 2.24) is 5.32 Å². The molecule has 0 fully saturated rings. The number of rotatable bonds is 2. The summed E-state index contributed by atoms with van der Waals surface area (Å²) in [5.41, 5.74) is 0.0781. The highest BCUT2D eigenvalue weighted by molar-refractivity contribution is 9.10. The highest BCUT2D eigenvalue weighted by Gasteiger charge is 2.19. The Morgan fingerprint density at radius 2 is 2.06 bits per heavy atom. The molecule has 0 unspecified atom stereocenters. The standard InChI is InChI=1S/C12H11BrFNO/c13-9-6-3-7-10(14)11(9)12(16)15-8-4-1-2-5-8/h1-3,6-8H,4-5H2,(H,15,16). The van der Waals surface area contributed by atoms with Gasteiger partial charge in [-0.25, -0.2) is 4.39 Å². The first-order valence-corrected chi connectivity index (χ1v) is 5.87. The second-order valence-electron chi connectivity index (χ2n) is 3.71. The molecule has 1 aromatic rings. The minimum atomic E-state index is -0.502. The summed E-state index contributed by atoms with van der Waals surface area (Å²) >= 11 is 3.18. The fraction of sp³-hybridized carbons (Fsp3) is 0.250. The minimum Gasteiger partial charge on any atom is -0.349 e. The molecular weight excluding hydrogens is 273 g/mol. The summed E-state index contributed by atoms with van der Waals surface area (Å²) in [5.74, 6) is -0.864. The Morgan fingerprint density at radius 3 is 2.69 bits per heavy atom. The molecule has 0 saturated carbocycles. The first kappa shape index (κ1) is 11.3. The average Bonchev–Trinajstić information content (AvgIpc) is 2.70. The van der Waals surface area contributed by atoms with Gasteiger partial charge in [0.25, 0.3) is 5.91 Å². The predicted octanol–water partition coefficient (Wildman–Crippen LogP) is 3.04. The fourth-order valence-corrected chi connectivity index (χ4v) is 2.23. The van der Waals surface area contributed by atoms with Crippen LogP contribution >= 0.6 is 15.9 Å². The molecule has 1 amide bonds. The van der Waals surface area contributed by atoms with Crippen LogP contribution in [0, 0.1) is 5.82 Å². The van der Waals surface area contributed by atoms with Crippen LogP contribution in [-0.4, -0.2) is 11.9 Å². The Balaban J connectivity index is 2.14. The summed E-state index contributed by atoms with van der Waals surface area (Å²) in [6.45, 7) is 0. The number of halogens is 2. The summed E-state index contributed by atoms with van der Waals surface area (Å²) in [4.78, 5) is 11.8. The van der Waals surface area contributed by atoms with Crippen molar-refractivity contribution in [3.63, 3.8) is 0 Å². The van der Waals surface area contributed by atoms with Gasteiger partial charge in [-0.3, -0.25) is 4.79 Å². The average molecular weight is 284 g/mol. The Hall–Kier alpha value is -1.16. The van der Waals surface area contributed by atoms with E-state index in [1.165, 1.54) is 6.07 Å². The lowest BCUT2D eigenvalue weighted by molar-refractivity contribution is 0.0934. The van der Waals surface area contributed by atoms with Crippen LogP contribution < -0.4 is 5.32 Å². The molecule has 0 bridgehead atoms. The molecule has 16 heavy (non-hydrogen) atoms. The van der Waals surface area contributed by atoms with Crippen molar-refractivity contribution in [3.8, 4) is 0 Å². The van der Waals surface area contributed by atoms with Gasteiger partial charge in [0.05, 0.1) is 5.56 Å². The summed E-state index contributed by atoms with van der Waals surface area (Å²) in [7, 11) is 0. The number of carbonyl (C=O) groups is 1. The number of hydrogen-bond acceptors (Lipinski definition) is 1. The molecule has 0 aliphatic heterocycles. The third-order valence-electron chi connectivity index (χ3n) is 2.53. The molecule has 0 spiro atoms. The fourth-order valence-electron chi connectivity index (χ4n) is 1.71. The van der Waals surface area contributed by atoms with Crippen molar-refractivity contribution < 1.29 is 9.18 Å².